The zero-order valence-electron chi connectivity index (χ0n) is 9.41. The van der Waals surface area contributed by atoms with Gasteiger partial charge in [0.1, 0.15) is 0 Å². The van der Waals surface area contributed by atoms with Gasteiger partial charge in [0.05, 0.1) is 0 Å². The average molecular weight is 375 g/mol. The van der Waals surface area contributed by atoms with Crippen molar-refractivity contribution < 1.29 is 0 Å². The van der Waals surface area contributed by atoms with Gasteiger partial charge in [-0.3, -0.25) is 0 Å². The van der Waals surface area contributed by atoms with Gasteiger partial charge in [0.2, 0.25) is 0 Å². The van der Waals surface area contributed by atoms with E-state index < -0.39 is 0 Å². The van der Waals surface area contributed by atoms with Gasteiger partial charge in [0, 0.05) is 26.4 Å². The second kappa shape index (κ2) is 6.14. The molecule has 1 heterocycles. The fourth-order valence-electron chi connectivity index (χ4n) is 1.63. The van der Waals surface area contributed by atoms with E-state index in [2.05, 4.69) is 73.7 Å². The molecule has 2 aromatic rings. The largest absolute Gasteiger partial charge is 0.305 e. The highest BCUT2D eigenvalue weighted by Crippen LogP contribution is 2.25. The minimum absolute atomic E-state index is 0.333. The van der Waals surface area contributed by atoms with Crippen LogP contribution >= 0.6 is 43.2 Å². The van der Waals surface area contributed by atoms with Crippen LogP contribution in [-0.2, 0) is 6.54 Å². The van der Waals surface area contributed by atoms with Crippen molar-refractivity contribution >= 4 is 43.2 Å². The van der Waals surface area contributed by atoms with Gasteiger partial charge in [-0.05, 0) is 45.9 Å². The van der Waals surface area contributed by atoms with Crippen molar-refractivity contribution in [3.63, 3.8) is 0 Å². The molecule has 90 valence electrons. The van der Waals surface area contributed by atoms with Gasteiger partial charge in [-0.1, -0.05) is 34.1 Å². The number of nitrogens with one attached hydrogen (secondary N) is 1. The molecule has 0 aliphatic carbocycles. The van der Waals surface area contributed by atoms with E-state index in [9.17, 15) is 0 Å². The number of thiophene rings is 1. The van der Waals surface area contributed by atoms with Crippen LogP contribution in [0.25, 0.3) is 0 Å². The third-order valence-electron chi connectivity index (χ3n) is 2.63. The first-order valence-corrected chi connectivity index (χ1v) is 7.84. The Hall–Kier alpha value is -0.160. The first kappa shape index (κ1) is 13.3. The van der Waals surface area contributed by atoms with Crippen LogP contribution in [0.5, 0.6) is 0 Å². The Kier molecular flexibility index (Phi) is 4.79. The first-order valence-electron chi connectivity index (χ1n) is 5.38. The van der Waals surface area contributed by atoms with Gasteiger partial charge in [-0.2, -0.15) is 0 Å². The van der Waals surface area contributed by atoms with Crippen molar-refractivity contribution in [3.05, 3.63) is 55.1 Å². The molecular weight excluding hydrogens is 362 g/mol. The first-order chi connectivity index (χ1) is 8.18. The molecule has 0 amide bonds. The molecule has 0 fully saturated rings. The lowest BCUT2D eigenvalue weighted by molar-refractivity contribution is 0.576. The van der Waals surface area contributed by atoms with Gasteiger partial charge >= 0.3 is 0 Å². The molecular formula is C13H13Br2NS. The summed E-state index contributed by atoms with van der Waals surface area (Å²) in [6, 6.07) is 10.7. The third kappa shape index (κ3) is 3.41. The number of rotatable bonds is 4. The summed E-state index contributed by atoms with van der Waals surface area (Å²) in [5.74, 6) is 0. The lowest BCUT2D eigenvalue weighted by atomic mass is 10.1. The Labute approximate surface area is 123 Å². The van der Waals surface area contributed by atoms with Crippen molar-refractivity contribution in [2.75, 3.05) is 0 Å². The zero-order chi connectivity index (χ0) is 12.3. The Balaban J connectivity index is 2.01. The van der Waals surface area contributed by atoms with Crippen LogP contribution in [-0.4, -0.2) is 0 Å². The van der Waals surface area contributed by atoms with Crippen molar-refractivity contribution in [1.82, 2.24) is 5.32 Å². The molecule has 1 aromatic heterocycles. The van der Waals surface area contributed by atoms with E-state index in [1.54, 1.807) is 11.3 Å². The zero-order valence-corrected chi connectivity index (χ0v) is 13.4. The summed E-state index contributed by atoms with van der Waals surface area (Å²) in [6.45, 7) is 3.07. The molecule has 0 aliphatic rings. The number of halogens is 2. The van der Waals surface area contributed by atoms with E-state index in [1.165, 1.54) is 14.9 Å². The molecule has 1 nitrogen and oxygen atoms in total. The fourth-order valence-corrected chi connectivity index (χ4v) is 3.70. The molecule has 17 heavy (non-hydrogen) atoms. The smallest absolute Gasteiger partial charge is 0.0327 e. The lowest BCUT2D eigenvalue weighted by Gasteiger charge is -2.15. The molecule has 0 bridgehead atoms. The summed E-state index contributed by atoms with van der Waals surface area (Å²) in [4.78, 5) is 1.34. The molecule has 0 saturated carbocycles. The van der Waals surface area contributed by atoms with E-state index in [4.69, 9.17) is 0 Å². The quantitative estimate of drug-likeness (QED) is 0.782. The Morgan fingerprint density at radius 1 is 1.18 bits per heavy atom. The number of benzene rings is 1. The van der Waals surface area contributed by atoms with Crippen LogP contribution in [0, 0.1) is 0 Å². The summed E-state index contributed by atoms with van der Waals surface area (Å²) >= 11 is 8.90. The van der Waals surface area contributed by atoms with Gasteiger partial charge in [0.25, 0.3) is 0 Å². The highest BCUT2D eigenvalue weighted by Gasteiger charge is 2.09. The molecule has 0 radical (unpaired) electrons. The van der Waals surface area contributed by atoms with Crippen LogP contribution in [0.15, 0.2) is 44.7 Å². The summed E-state index contributed by atoms with van der Waals surface area (Å²) in [7, 11) is 0. The minimum Gasteiger partial charge on any atom is -0.305 e. The molecule has 4 heteroatoms. The van der Waals surface area contributed by atoms with E-state index in [0.717, 1.165) is 11.0 Å². The maximum atomic E-state index is 3.58. The van der Waals surface area contributed by atoms with E-state index in [-0.39, 0.29) is 0 Å². The van der Waals surface area contributed by atoms with Crippen molar-refractivity contribution in [2.45, 2.75) is 19.5 Å². The van der Waals surface area contributed by atoms with E-state index >= 15 is 0 Å². The maximum absolute atomic E-state index is 3.58. The minimum atomic E-state index is 0.333. The summed E-state index contributed by atoms with van der Waals surface area (Å²) < 4.78 is 2.35. The average Bonchev–Trinajstić information content (AvgIpc) is 2.72. The predicted molar refractivity (Wildman–Crippen MR) is 81.4 cm³/mol. The Morgan fingerprint density at radius 3 is 2.59 bits per heavy atom. The molecule has 1 atom stereocenters. The maximum Gasteiger partial charge on any atom is 0.0327 e. The second-order valence-electron chi connectivity index (χ2n) is 3.82. The Morgan fingerprint density at radius 2 is 1.94 bits per heavy atom. The molecule has 1 N–H and O–H groups in total. The molecule has 2 rings (SSSR count). The van der Waals surface area contributed by atoms with Gasteiger partial charge in [-0.15, -0.1) is 11.3 Å². The molecule has 0 unspecified atom stereocenters. The summed E-state index contributed by atoms with van der Waals surface area (Å²) in [5.41, 5.74) is 1.29. The number of hydrogen-bond donors (Lipinski definition) is 1. The molecule has 0 aliphatic heterocycles. The monoisotopic (exact) mass is 373 g/mol. The Bertz CT molecular complexity index is 496. The highest BCUT2D eigenvalue weighted by molar-refractivity contribution is 9.10. The second-order valence-corrected chi connectivity index (χ2v) is 6.53. The fraction of sp³-hybridized carbons (Fsp3) is 0.231. The van der Waals surface area contributed by atoms with Gasteiger partial charge < -0.3 is 5.32 Å². The molecule has 1 aromatic carbocycles. The third-order valence-corrected chi connectivity index (χ3v) is 5.28. The highest BCUT2D eigenvalue weighted by atomic mass is 79.9. The molecule has 0 saturated heterocycles. The topological polar surface area (TPSA) is 12.0 Å². The molecule has 0 spiro atoms. The van der Waals surface area contributed by atoms with Crippen LogP contribution in [0.3, 0.4) is 0 Å². The van der Waals surface area contributed by atoms with E-state index in [0.29, 0.717) is 6.04 Å². The van der Waals surface area contributed by atoms with Crippen LogP contribution in [0.1, 0.15) is 23.4 Å². The van der Waals surface area contributed by atoms with Gasteiger partial charge in [-0.25, -0.2) is 0 Å². The van der Waals surface area contributed by atoms with Crippen molar-refractivity contribution in [3.8, 4) is 0 Å². The van der Waals surface area contributed by atoms with E-state index in [1.807, 2.05) is 6.07 Å². The van der Waals surface area contributed by atoms with Crippen molar-refractivity contribution in [2.24, 2.45) is 0 Å². The van der Waals surface area contributed by atoms with Crippen molar-refractivity contribution in [1.29, 1.82) is 0 Å². The SMILES string of the molecule is C[C@H](NCc1sccc1Br)c1ccccc1Br. The predicted octanol–water partition coefficient (Wildman–Crippen LogP) is 5.12. The lowest BCUT2D eigenvalue weighted by Crippen LogP contribution is -2.18. The standard InChI is InChI=1S/C13H13Br2NS/c1-9(10-4-2-3-5-11(10)14)16-8-13-12(15)6-7-17-13/h2-7,9,16H,8H2,1H3/t9-/m0/s1. The summed E-state index contributed by atoms with van der Waals surface area (Å²) in [6.07, 6.45) is 0. The normalized spacial score (nSPS) is 12.6. The van der Waals surface area contributed by atoms with Crippen LogP contribution < -0.4 is 5.32 Å². The van der Waals surface area contributed by atoms with Crippen LogP contribution in [0.4, 0.5) is 0 Å². The van der Waals surface area contributed by atoms with Crippen LogP contribution in [0.2, 0.25) is 0 Å². The van der Waals surface area contributed by atoms with Gasteiger partial charge in [0.15, 0.2) is 0 Å². The summed E-state index contributed by atoms with van der Waals surface area (Å²) in [5, 5.41) is 5.63. The number of hydrogen-bond acceptors (Lipinski definition) is 2.